The van der Waals surface area contributed by atoms with Gasteiger partial charge in [0, 0.05) is 11.3 Å². The standard InChI is InChI=1S/C19H18N2O3S/c1-12-13(2)16(9-20)19(21-14(12)3)25-11-18(23)24-10-17(22)15-7-5-4-6-8-15/h4-8H,10-11H2,1-3H3. The predicted octanol–water partition coefficient (Wildman–Crippen LogP) is 3.40. The van der Waals surface area contributed by atoms with Crippen molar-refractivity contribution in [2.24, 2.45) is 0 Å². The number of esters is 1. The van der Waals surface area contributed by atoms with E-state index in [0.29, 0.717) is 16.2 Å². The first kappa shape index (κ1) is 18.7. The highest BCUT2D eigenvalue weighted by atomic mass is 32.2. The highest BCUT2D eigenvalue weighted by Gasteiger charge is 2.15. The van der Waals surface area contributed by atoms with Crippen LogP contribution in [0.1, 0.15) is 32.7 Å². The normalized spacial score (nSPS) is 10.2. The maximum absolute atomic E-state index is 11.9. The Labute approximate surface area is 151 Å². The summed E-state index contributed by atoms with van der Waals surface area (Å²) in [5.41, 5.74) is 3.64. The third kappa shape index (κ3) is 4.68. The molecular formula is C19H18N2O3S. The Bertz CT molecular complexity index is 842. The maximum atomic E-state index is 11.9. The Morgan fingerprint density at radius 1 is 1.16 bits per heavy atom. The van der Waals surface area contributed by atoms with Gasteiger partial charge in [-0.3, -0.25) is 9.59 Å². The number of Topliss-reactive ketones (excluding diaryl/α,β-unsaturated/α-hetero) is 1. The van der Waals surface area contributed by atoms with E-state index in [1.54, 1.807) is 24.3 Å². The Morgan fingerprint density at radius 2 is 1.84 bits per heavy atom. The van der Waals surface area contributed by atoms with Crippen molar-refractivity contribution in [2.45, 2.75) is 25.8 Å². The summed E-state index contributed by atoms with van der Waals surface area (Å²) in [6, 6.07) is 10.8. The smallest absolute Gasteiger partial charge is 0.316 e. The summed E-state index contributed by atoms with van der Waals surface area (Å²) in [6.45, 7) is 5.35. The Hall–Kier alpha value is -2.65. The number of aromatic nitrogens is 1. The van der Waals surface area contributed by atoms with Gasteiger partial charge in [-0.2, -0.15) is 5.26 Å². The second-order valence-electron chi connectivity index (χ2n) is 5.48. The summed E-state index contributed by atoms with van der Waals surface area (Å²) in [5, 5.41) is 9.83. The van der Waals surface area contributed by atoms with Gasteiger partial charge in [-0.05, 0) is 31.9 Å². The summed E-state index contributed by atoms with van der Waals surface area (Å²) >= 11 is 1.14. The molecule has 0 amide bonds. The van der Waals surface area contributed by atoms with E-state index in [-0.39, 0.29) is 18.1 Å². The molecule has 0 radical (unpaired) electrons. The van der Waals surface area contributed by atoms with Gasteiger partial charge in [-0.25, -0.2) is 4.98 Å². The summed E-state index contributed by atoms with van der Waals surface area (Å²) in [4.78, 5) is 28.2. The van der Waals surface area contributed by atoms with E-state index in [1.807, 2.05) is 26.8 Å². The Kier molecular flexibility index (Phi) is 6.31. The fourth-order valence-corrected chi connectivity index (χ4v) is 3.05. The molecule has 0 fully saturated rings. The van der Waals surface area contributed by atoms with Gasteiger partial charge in [0.1, 0.15) is 11.1 Å². The highest BCUT2D eigenvalue weighted by Crippen LogP contribution is 2.26. The molecular weight excluding hydrogens is 336 g/mol. The molecule has 0 N–H and O–H groups in total. The van der Waals surface area contributed by atoms with Crippen molar-refractivity contribution in [3.05, 3.63) is 58.3 Å². The lowest BCUT2D eigenvalue weighted by atomic mass is 10.1. The molecule has 128 valence electrons. The van der Waals surface area contributed by atoms with Crippen LogP contribution in [-0.4, -0.2) is 29.1 Å². The SMILES string of the molecule is Cc1nc(SCC(=O)OCC(=O)c2ccccc2)c(C#N)c(C)c1C. The van der Waals surface area contributed by atoms with Crippen molar-refractivity contribution in [3.63, 3.8) is 0 Å². The lowest BCUT2D eigenvalue weighted by Gasteiger charge is -2.10. The fourth-order valence-electron chi connectivity index (χ4n) is 2.17. The third-order valence-electron chi connectivity index (χ3n) is 3.86. The number of thioether (sulfide) groups is 1. The van der Waals surface area contributed by atoms with Gasteiger partial charge in [0.05, 0.1) is 11.3 Å². The van der Waals surface area contributed by atoms with Gasteiger partial charge in [0.15, 0.2) is 12.4 Å². The number of ether oxygens (including phenoxy) is 1. The van der Waals surface area contributed by atoms with E-state index in [1.165, 1.54) is 0 Å². The van der Waals surface area contributed by atoms with Crippen LogP contribution >= 0.6 is 11.8 Å². The van der Waals surface area contributed by atoms with Gasteiger partial charge in [-0.15, -0.1) is 0 Å². The number of carbonyl (C=O) groups excluding carboxylic acids is 2. The molecule has 0 aliphatic rings. The Morgan fingerprint density at radius 3 is 2.48 bits per heavy atom. The summed E-state index contributed by atoms with van der Waals surface area (Å²) in [6.07, 6.45) is 0. The van der Waals surface area contributed by atoms with Crippen LogP contribution in [0.4, 0.5) is 0 Å². The zero-order valence-corrected chi connectivity index (χ0v) is 15.1. The number of aryl methyl sites for hydroxylation is 1. The second-order valence-corrected chi connectivity index (χ2v) is 6.44. The van der Waals surface area contributed by atoms with E-state index in [0.717, 1.165) is 28.6 Å². The lowest BCUT2D eigenvalue weighted by molar-refractivity contribution is -0.139. The van der Waals surface area contributed by atoms with E-state index in [2.05, 4.69) is 11.1 Å². The first-order chi connectivity index (χ1) is 11.9. The van der Waals surface area contributed by atoms with Crippen molar-refractivity contribution in [2.75, 3.05) is 12.4 Å². The number of carbonyl (C=O) groups is 2. The molecule has 2 rings (SSSR count). The van der Waals surface area contributed by atoms with Crippen LogP contribution in [0.25, 0.3) is 0 Å². The second kappa shape index (κ2) is 8.45. The fraction of sp³-hybridized carbons (Fsp3) is 0.263. The van der Waals surface area contributed by atoms with Crippen molar-refractivity contribution in [3.8, 4) is 6.07 Å². The van der Waals surface area contributed by atoms with Crippen LogP contribution in [0.3, 0.4) is 0 Å². The van der Waals surface area contributed by atoms with Crippen LogP contribution in [0.15, 0.2) is 35.4 Å². The molecule has 25 heavy (non-hydrogen) atoms. The molecule has 0 atom stereocenters. The minimum Gasteiger partial charge on any atom is -0.457 e. The van der Waals surface area contributed by atoms with Crippen LogP contribution in [0.2, 0.25) is 0 Å². The largest absolute Gasteiger partial charge is 0.457 e. The summed E-state index contributed by atoms with van der Waals surface area (Å²) in [7, 11) is 0. The minimum atomic E-state index is -0.518. The van der Waals surface area contributed by atoms with Crippen molar-refractivity contribution >= 4 is 23.5 Å². The number of ketones is 1. The minimum absolute atomic E-state index is 0.00824. The molecule has 1 aromatic heterocycles. The van der Waals surface area contributed by atoms with Gasteiger partial charge < -0.3 is 4.74 Å². The Balaban J connectivity index is 1.95. The molecule has 0 spiro atoms. The average Bonchev–Trinajstić information content (AvgIpc) is 2.63. The van der Waals surface area contributed by atoms with Gasteiger partial charge >= 0.3 is 5.97 Å². The number of hydrogen-bond acceptors (Lipinski definition) is 6. The topological polar surface area (TPSA) is 80.0 Å². The zero-order chi connectivity index (χ0) is 18.4. The molecule has 0 saturated heterocycles. The monoisotopic (exact) mass is 354 g/mol. The van der Waals surface area contributed by atoms with Crippen LogP contribution in [0.5, 0.6) is 0 Å². The van der Waals surface area contributed by atoms with E-state index >= 15 is 0 Å². The van der Waals surface area contributed by atoms with Crippen molar-refractivity contribution in [1.29, 1.82) is 5.26 Å². The van der Waals surface area contributed by atoms with Crippen LogP contribution in [-0.2, 0) is 9.53 Å². The summed E-state index contributed by atoms with van der Waals surface area (Å²) < 4.78 is 5.02. The molecule has 1 heterocycles. The van der Waals surface area contributed by atoms with Crippen molar-refractivity contribution in [1.82, 2.24) is 4.98 Å². The van der Waals surface area contributed by atoms with Crippen LogP contribution in [0, 0.1) is 32.1 Å². The molecule has 2 aromatic rings. The average molecular weight is 354 g/mol. The number of benzene rings is 1. The number of rotatable bonds is 6. The summed E-state index contributed by atoms with van der Waals surface area (Å²) in [5.74, 6) is -0.779. The van der Waals surface area contributed by atoms with Crippen molar-refractivity contribution < 1.29 is 14.3 Å². The number of nitriles is 1. The van der Waals surface area contributed by atoms with Crippen LogP contribution < -0.4 is 0 Å². The molecule has 0 saturated carbocycles. The van der Waals surface area contributed by atoms with E-state index < -0.39 is 5.97 Å². The quantitative estimate of drug-likeness (QED) is 0.449. The molecule has 0 aliphatic heterocycles. The van der Waals surface area contributed by atoms with Gasteiger partial charge in [-0.1, -0.05) is 42.1 Å². The van der Waals surface area contributed by atoms with E-state index in [9.17, 15) is 14.9 Å². The molecule has 6 heteroatoms. The number of nitrogens with zero attached hydrogens (tertiary/aromatic N) is 2. The lowest BCUT2D eigenvalue weighted by Crippen LogP contribution is -2.15. The molecule has 1 aromatic carbocycles. The highest BCUT2D eigenvalue weighted by molar-refractivity contribution is 7.99. The number of hydrogen-bond donors (Lipinski definition) is 0. The first-order valence-corrected chi connectivity index (χ1v) is 8.67. The van der Waals surface area contributed by atoms with Gasteiger partial charge in [0.25, 0.3) is 0 Å². The molecule has 0 bridgehead atoms. The molecule has 0 unspecified atom stereocenters. The number of pyridine rings is 1. The van der Waals surface area contributed by atoms with E-state index in [4.69, 9.17) is 4.74 Å². The predicted molar refractivity (Wildman–Crippen MR) is 95.6 cm³/mol. The van der Waals surface area contributed by atoms with Gasteiger partial charge in [0.2, 0.25) is 0 Å². The molecule has 0 aliphatic carbocycles. The maximum Gasteiger partial charge on any atom is 0.316 e. The zero-order valence-electron chi connectivity index (χ0n) is 14.3. The molecule has 5 nitrogen and oxygen atoms in total. The first-order valence-electron chi connectivity index (χ1n) is 7.68. The third-order valence-corrected chi connectivity index (χ3v) is 4.81.